The summed E-state index contributed by atoms with van der Waals surface area (Å²) in [4.78, 5) is 12.6. The Morgan fingerprint density at radius 2 is 1.89 bits per heavy atom. The molecule has 0 amide bonds. The molecule has 0 aromatic heterocycles. The molecule has 3 atom stereocenters. The van der Waals surface area contributed by atoms with Crippen LogP contribution in [0, 0.1) is 17.3 Å². The van der Waals surface area contributed by atoms with Crippen molar-refractivity contribution in [1.29, 1.82) is 0 Å². The van der Waals surface area contributed by atoms with Gasteiger partial charge in [-0.3, -0.25) is 4.79 Å². The highest BCUT2D eigenvalue weighted by molar-refractivity contribution is 5.90. The van der Waals surface area contributed by atoms with Crippen LogP contribution in [0.25, 0.3) is 0 Å². The van der Waals surface area contributed by atoms with Gasteiger partial charge >= 0.3 is 0 Å². The van der Waals surface area contributed by atoms with Gasteiger partial charge < -0.3 is 5.32 Å². The van der Waals surface area contributed by atoms with Gasteiger partial charge in [0.2, 0.25) is 0 Å². The fourth-order valence-electron chi connectivity index (χ4n) is 4.06. The van der Waals surface area contributed by atoms with E-state index in [-0.39, 0.29) is 0 Å². The number of hydrogen-bond acceptors (Lipinski definition) is 2. The van der Waals surface area contributed by atoms with E-state index in [0.717, 1.165) is 19.5 Å². The number of nitrogens with one attached hydrogen (secondary N) is 1. The molecule has 1 heterocycles. The zero-order valence-electron chi connectivity index (χ0n) is 11.3. The smallest absolute Gasteiger partial charge is 0.140 e. The predicted molar refractivity (Wildman–Crippen MR) is 74.9 cm³/mol. The van der Waals surface area contributed by atoms with Crippen LogP contribution in [-0.2, 0) is 4.79 Å². The van der Waals surface area contributed by atoms with Crippen LogP contribution in [0.5, 0.6) is 0 Å². The van der Waals surface area contributed by atoms with Gasteiger partial charge in [0.15, 0.2) is 0 Å². The van der Waals surface area contributed by atoms with Crippen LogP contribution in [0.1, 0.15) is 37.2 Å². The summed E-state index contributed by atoms with van der Waals surface area (Å²) < 4.78 is 0. The van der Waals surface area contributed by atoms with E-state index in [4.69, 9.17) is 0 Å². The molecule has 2 aliphatic carbocycles. The molecule has 19 heavy (non-hydrogen) atoms. The van der Waals surface area contributed by atoms with Crippen molar-refractivity contribution >= 4 is 5.78 Å². The summed E-state index contributed by atoms with van der Waals surface area (Å²) in [5, 5.41) is 3.41. The molecule has 2 nitrogen and oxygen atoms in total. The highest BCUT2D eigenvalue weighted by Crippen LogP contribution is 2.63. The van der Waals surface area contributed by atoms with Crippen molar-refractivity contribution in [2.75, 3.05) is 13.1 Å². The lowest BCUT2D eigenvalue weighted by molar-refractivity contribution is -0.122. The quantitative estimate of drug-likeness (QED) is 0.900. The van der Waals surface area contributed by atoms with Gasteiger partial charge in [0, 0.05) is 11.8 Å². The Bertz CT molecular complexity index is 489. The predicted octanol–water partition coefficient (Wildman–Crippen LogP) is 2.75. The maximum Gasteiger partial charge on any atom is 0.140 e. The van der Waals surface area contributed by atoms with Gasteiger partial charge in [-0.05, 0) is 55.7 Å². The second kappa shape index (κ2) is 4.17. The molecule has 2 heteroatoms. The van der Waals surface area contributed by atoms with Crippen molar-refractivity contribution in [1.82, 2.24) is 5.32 Å². The van der Waals surface area contributed by atoms with Crippen LogP contribution in [0.2, 0.25) is 0 Å². The van der Waals surface area contributed by atoms with Gasteiger partial charge in [0.25, 0.3) is 0 Å². The number of piperidine rings is 1. The van der Waals surface area contributed by atoms with E-state index < -0.39 is 0 Å². The number of benzene rings is 1. The van der Waals surface area contributed by atoms with Gasteiger partial charge in [-0.1, -0.05) is 30.3 Å². The topological polar surface area (TPSA) is 29.1 Å². The second-order valence-corrected chi connectivity index (χ2v) is 6.63. The minimum absolute atomic E-state index is 0.335. The van der Waals surface area contributed by atoms with Gasteiger partial charge in [-0.2, -0.15) is 0 Å². The van der Waals surface area contributed by atoms with Crippen molar-refractivity contribution in [2.24, 2.45) is 17.3 Å². The van der Waals surface area contributed by atoms with Gasteiger partial charge in [-0.25, -0.2) is 0 Å². The Morgan fingerprint density at radius 3 is 2.63 bits per heavy atom. The van der Waals surface area contributed by atoms with Crippen molar-refractivity contribution < 1.29 is 4.79 Å². The number of ketones is 1. The molecule has 1 aromatic carbocycles. The molecule has 1 N–H and O–H groups in total. The Balaban J connectivity index is 1.41. The number of Topliss-reactive ketones (excluding diaryl/α,β-unsaturated/α-hetero) is 1. The molecule has 2 saturated carbocycles. The van der Waals surface area contributed by atoms with E-state index in [0.29, 0.717) is 29.0 Å². The van der Waals surface area contributed by atoms with Crippen LogP contribution in [0.3, 0.4) is 0 Å². The molecular weight excluding hydrogens is 234 g/mol. The third-order valence-electron chi connectivity index (χ3n) is 5.52. The average Bonchev–Trinajstić information content (AvgIpc) is 3.36. The van der Waals surface area contributed by atoms with Crippen molar-refractivity contribution in [3.63, 3.8) is 0 Å². The van der Waals surface area contributed by atoms with Crippen LogP contribution in [0.15, 0.2) is 30.3 Å². The number of hydrogen-bond donors (Lipinski definition) is 1. The van der Waals surface area contributed by atoms with E-state index in [1.165, 1.54) is 24.8 Å². The molecule has 1 aliphatic heterocycles. The Labute approximate surface area is 114 Å². The lowest BCUT2D eigenvalue weighted by Crippen LogP contribution is -2.31. The molecule has 3 fully saturated rings. The third-order valence-corrected chi connectivity index (χ3v) is 5.52. The molecule has 3 aliphatic rings. The molecule has 100 valence electrons. The van der Waals surface area contributed by atoms with Crippen molar-refractivity contribution in [2.45, 2.75) is 31.6 Å². The minimum Gasteiger partial charge on any atom is -0.317 e. The summed E-state index contributed by atoms with van der Waals surface area (Å²) in [6.45, 7) is 2.22. The first-order valence-corrected chi connectivity index (χ1v) is 7.60. The maximum absolute atomic E-state index is 12.6. The molecule has 0 radical (unpaired) electrons. The monoisotopic (exact) mass is 255 g/mol. The molecule has 4 rings (SSSR count). The summed E-state index contributed by atoms with van der Waals surface area (Å²) in [5.74, 6) is 1.83. The van der Waals surface area contributed by atoms with E-state index in [9.17, 15) is 4.79 Å². The van der Waals surface area contributed by atoms with Crippen molar-refractivity contribution in [3.8, 4) is 0 Å². The van der Waals surface area contributed by atoms with Crippen LogP contribution < -0.4 is 5.32 Å². The first kappa shape index (κ1) is 11.7. The van der Waals surface area contributed by atoms with E-state index in [1.807, 2.05) is 6.07 Å². The lowest BCUT2D eigenvalue weighted by atomic mass is 9.89. The zero-order chi connectivity index (χ0) is 12.9. The van der Waals surface area contributed by atoms with Crippen LogP contribution in [0.4, 0.5) is 0 Å². The SMILES string of the molecule is O=C(C1CC1c1ccccc1)C1CC12CCNCC2. The first-order chi connectivity index (χ1) is 9.30. The summed E-state index contributed by atoms with van der Waals surface area (Å²) >= 11 is 0. The van der Waals surface area contributed by atoms with Crippen LogP contribution >= 0.6 is 0 Å². The van der Waals surface area contributed by atoms with Crippen LogP contribution in [-0.4, -0.2) is 18.9 Å². The Kier molecular flexibility index (Phi) is 2.56. The number of carbonyl (C=O) groups is 1. The third kappa shape index (κ3) is 1.93. The highest BCUT2D eigenvalue weighted by Gasteiger charge is 2.61. The molecule has 1 aromatic rings. The molecule has 1 spiro atoms. The Morgan fingerprint density at radius 1 is 1.16 bits per heavy atom. The first-order valence-electron chi connectivity index (χ1n) is 7.60. The van der Waals surface area contributed by atoms with E-state index in [2.05, 4.69) is 29.6 Å². The summed E-state index contributed by atoms with van der Waals surface area (Å²) in [6, 6.07) is 10.6. The number of carbonyl (C=O) groups excluding carboxylic acids is 1. The minimum atomic E-state index is 0.335. The zero-order valence-corrected chi connectivity index (χ0v) is 11.3. The molecular formula is C17H21NO. The normalized spacial score (nSPS) is 35.1. The molecule has 3 unspecified atom stereocenters. The lowest BCUT2D eigenvalue weighted by Gasteiger charge is -2.23. The standard InChI is InChI=1S/C17H21NO/c19-16(15-11-17(15)6-8-18-9-7-17)14-10-13(14)12-4-2-1-3-5-12/h1-5,13-15,18H,6-11H2. The van der Waals surface area contributed by atoms with E-state index >= 15 is 0 Å². The van der Waals surface area contributed by atoms with Gasteiger partial charge in [0.05, 0.1) is 0 Å². The summed E-state index contributed by atoms with van der Waals surface area (Å²) in [7, 11) is 0. The fraction of sp³-hybridized carbons (Fsp3) is 0.588. The molecule has 0 bridgehead atoms. The summed E-state index contributed by atoms with van der Waals surface area (Å²) in [5.41, 5.74) is 1.77. The average molecular weight is 255 g/mol. The summed E-state index contributed by atoms with van der Waals surface area (Å²) in [6.07, 6.45) is 4.69. The fourth-order valence-corrected chi connectivity index (χ4v) is 4.06. The van der Waals surface area contributed by atoms with Gasteiger partial charge in [0.1, 0.15) is 5.78 Å². The highest BCUT2D eigenvalue weighted by atomic mass is 16.1. The van der Waals surface area contributed by atoms with Gasteiger partial charge in [-0.15, -0.1) is 0 Å². The second-order valence-electron chi connectivity index (χ2n) is 6.63. The number of rotatable bonds is 3. The van der Waals surface area contributed by atoms with E-state index in [1.54, 1.807) is 0 Å². The largest absolute Gasteiger partial charge is 0.317 e. The Hall–Kier alpha value is -1.15. The maximum atomic E-state index is 12.6. The van der Waals surface area contributed by atoms with Crippen molar-refractivity contribution in [3.05, 3.63) is 35.9 Å². The molecule has 1 saturated heterocycles.